The van der Waals surface area contributed by atoms with E-state index in [-0.39, 0.29) is 24.0 Å². The van der Waals surface area contributed by atoms with Crippen LogP contribution in [0.3, 0.4) is 0 Å². The first-order valence-electron chi connectivity index (χ1n) is 12.5. The molecule has 1 aromatic carbocycles. The molecule has 0 spiro atoms. The number of nitrogens with zero attached hydrogens (tertiary/aromatic N) is 2. The molecule has 2 fully saturated rings. The molecule has 6 nitrogen and oxygen atoms in total. The summed E-state index contributed by atoms with van der Waals surface area (Å²) in [6.07, 6.45) is 8.04. The lowest BCUT2D eigenvalue weighted by Crippen LogP contribution is -2.38. The van der Waals surface area contributed by atoms with Gasteiger partial charge in [0.1, 0.15) is 5.82 Å². The van der Waals surface area contributed by atoms with E-state index in [1.165, 1.54) is 5.56 Å². The third kappa shape index (κ3) is 4.92. The Hall–Kier alpha value is -2.44. The highest BCUT2D eigenvalue weighted by atomic mass is 16.5. The Balaban J connectivity index is 1.43. The number of amides is 1. The van der Waals surface area contributed by atoms with Crippen LogP contribution in [-0.2, 0) is 20.8 Å². The van der Waals surface area contributed by atoms with Crippen LogP contribution in [0.1, 0.15) is 69.4 Å². The zero-order chi connectivity index (χ0) is 22.8. The molecule has 1 saturated heterocycles. The highest BCUT2D eigenvalue weighted by molar-refractivity contribution is 5.99. The lowest BCUT2D eigenvalue weighted by atomic mass is 9.86. The van der Waals surface area contributed by atoms with Crippen molar-refractivity contribution in [3.05, 3.63) is 47.7 Å². The van der Waals surface area contributed by atoms with E-state index in [9.17, 15) is 4.79 Å². The Labute approximate surface area is 196 Å². The Morgan fingerprint density at radius 1 is 1.12 bits per heavy atom. The molecule has 1 aliphatic carbocycles. The van der Waals surface area contributed by atoms with Gasteiger partial charge in [0, 0.05) is 30.9 Å². The van der Waals surface area contributed by atoms with Crippen molar-refractivity contribution in [2.75, 3.05) is 23.4 Å². The number of anilines is 3. The van der Waals surface area contributed by atoms with E-state index in [4.69, 9.17) is 9.47 Å². The average molecular weight is 450 g/mol. The van der Waals surface area contributed by atoms with Crippen LogP contribution in [0.2, 0.25) is 0 Å². The molecule has 6 heteroatoms. The van der Waals surface area contributed by atoms with Crippen molar-refractivity contribution in [2.45, 2.75) is 77.0 Å². The predicted molar refractivity (Wildman–Crippen MR) is 130 cm³/mol. The molecular formula is C27H35N3O3. The largest absolute Gasteiger partial charge is 0.381 e. The molecule has 1 N–H and O–H groups in total. The molecule has 0 atom stereocenters. The first-order chi connectivity index (χ1) is 16.1. The average Bonchev–Trinajstić information content (AvgIpc) is 3.00. The minimum Gasteiger partial charge on any atom is -0.381 e. The van der Waals surface area contributed by atoms with Crippen LogP contribution >= 0.6 is 0 Å². The number of fused-ring (bicyclic) bond motifs is 2. The third-order valence-corrected chi connectivity index (χ3v) is 7.23. The number of carbonyl (C=O) groups is 1. The number of carbonyl (C=O) groups excluding carboxylic acids is 1. The number of rotatable bonds is 4. The minimum atomic E-state index is 0.0369. The highest BCUT2D eigenvalue weighted by Crippen LogP contribution is 2.40. The summed E-state index contributed by atoms with van der Waals surface area (Å²) < 4.78 is 11.6. The van der Waals surface area contributed by atoms with Gasteiger partial charge in [-0.25, -0.2) is 4.98 Å². The van der Waals surface area contributed by atoms with Gasteiger partial charge in [0.15, 0.2) is 0 Å². The Morgan fingerprint density at radius 3 is 2.67 bits per heavy atom. The van der Waals surface area contributed by atoms with Crippen LogP contribution in [0.25, 0.3) is 0 Å². The number of nitrogens with one attached hydrogen (secondary N) is 1. The second-order valence-corrected chi connectivity index (χ2v) is 9.88. The van der Waals surface area contributed by atoms with Gasteiger partial charge in [0.05, 0.1) is 30.1 Å². The lowest BCUT2D eigenvalue weighted by Gasteiger charge is -2.33. The maximum absolute atomic E-state index is 13.9. The number of ether oxygens (including phenoxy) is 2. The van der Waals surface area contributed by atoms with Gasteiger partial charge in [0.25, 0.3) is 0 Å². The highest BCUT2D eigenvalue weighted by Gasteiger charge is 2.33. The third-order valence-electron chi connectivity index (χ3n) is 7.23. The summed E-state index contributed by atoms with van der Waals surface area (Å²) in [6, 6.07) is 10.6. The molecule has 1 amide bonds. The molecule has 0 bridgehead atoms. The van der Waals surface area contributed by atoms with Gasteiger partial charge in [-0.05, 0) is 82.1 Å². The van der Waals surface area contributed by atoms with E-state index in [0.29, 0.717) is 12.5 Å². The van der Waals surface area contributed by atoms with Gasteiger partial charge in [-0.2, -0.15) is 0 Å². The zero-order valence-electron chi connectivity index (χ0n) is 19.8. The summed E-state index contributed by atoms with van der Waals surface area (Å²) in [5.74, 6) is 1.58. The summed E-state index contributed by atoms with van der Waals surface area (Å²) in [6.45, 7) is 6.32. The summed E-state index contributed by atoms with van der Waals surface area (Å²) in [4.78, 5) is 20.5. The molecule has 0 unspecified atom stereocenters. The second kappa shape index (κ2) is 9.82. The monoisotopic (exact) mass is 449 g/mol. The standard InChI is InChI=1S/C27H35N3O3/c1-18(2)33-23-8-5-20(6-9-23)27(31)30-17-22-4-3-13-28-26(22)29-24-10-7-21(16-25(24)30)19-11-14-32-15-12-19/h3-4,7,10,13,16,18-20,23H,5-6,8-9,11-12,14-15,17H2,1-2H3,(H,28,29)/t20-,23-. The van der Waals surface area contributed by atoms with Crippen LogP contribution in [-0.4, -0.2) is 36.3 Å². The van der Waals surface area contributed by atoms with E-state index in [1.807, 2.05) is 11.0 Å². The molecule has 33 heavy (non-hydrogen) atoms. The maximum Gasteiger partial charge on any atom is 0.230 e. The van der Waals surface area contributed by atoms with Crippen LogP contribution in [0.4, 0.5) is 17.2 Å². The molecule has 1 saturated carbocycles. The fourth-order valence-electron chi connectivity index (χ4n) is 5.47. The molecular weight excluding hydrogens is 414 g/mol. The molecule has 0 radical (unpaired) electrons. The van der Waals surface area contributed by atoms with E-state index >= 15 is 0 Å². The second-order valence-electron chi connectivity index (χ2n) is 9.88. The number of hydrogen-bond donors (Lipinski definition) is 1. The van der Waals surface area contributed by atoms with Crippen molar-refractivity contribution in [3.63, 3.8) is 0 Å². The number of pyridine rings is 1. The quantitative estimate of drug-likeness (QED) is 0.663. The van der Waals surface area contributed by atoms with E-state index in [0.717, 1.165) is 74.5 Å². The first kappa shape index (κ1) is 22.4. The zero-order valence-corrected chi connectivity index (χ0v) is 19.8. The van der Waals surface area contributed by atoms with Crippen molar-refractivity contribution in [2.24, 2.45) is 5.92 Å². The first-order valence-corrected chi connectivity index (χ1v) is 12.5. The summed E-state index contributed by atoms with van der Waals surface area (Å²) in [5.41, 5.74) is 4.27. The van der Waals surface area contributed by atoms with Gasteiger partial charge in [-0.3, -0.25) is 4.79 Å². The van der Waals surface area contributed by atoms with Crippen molar-refractivity contribution in [1.82, 2.24) is 4.98 Å². The van der Waals surface area contributed by atoms with Gasteiger partial charge in [-0.1, -0.05) is 12.1 Å². The minimum absolute atomic E-state index is 0.0369. The van der Waals surface area contributed by atoms with E-state index in [2.05, 4.69) is 48.4 Å². The molecule has 1 aromatic heterocycles. The summed E-state index contributed by atoms with van der Waals surface area (Å²) in [5, 5.41) is 3.50. The summed E-state index contributed by atoms with van der Waals surface area (Å²) in [7, 11) is 0. The topological polar surface area (TPSA) is 63.7 Å². The molecule has 176 valence electrons. The van der Waals surface area contributed by atoms with Crippen molar-refractivity contribution in [3.8, 4) is 0 Å². The van der Waals surface area contributed by atoms with Crippen LogP contribution < -0.4 is 10.2 Å². The summed E-state index contributed by atoms with van der Waals surface area (Å²) >= 11 is 0. The fourth-order valence-corrected chi connectivity index (χ4v) is 5.47. The molecule has 3 heterocycles. The lowest BCUT2D eigenvalue weighted by molar-refractivity contribution is -0.124. The number of aromatic nitrogens is 1. The van der Waals surface area contributed by atoms with Crippen molar-refractivity contribution >= 4 is 23.1 Å². The molecule has 5 rings (SSSR count). The smallest absolute Gasteiger partial charge is 0.230 e. The Morgan fingerprint density at radius 2 is 1.91 bits per heavy atom. The molecule has 3 aliphatic rings. The molecule has 2 aromatic rings. The van der Waals surface area contributed by atoms with Crippen LogP contribution in [0, 0.1) is 5.92 Å². The van der Waals surface area contributed by atoms with Gasteiger partial charge >= 0.3 is 0 Å². The predicted octanol–water partition coefficient (Wildman–Crippen LogP) is 5.55. The van der Waals surface area contributed by atoms with Gasteiger partial charge in [-0.15, -0.1) is 0 Å². The van der Waals surface area contributed by atoms with E-state index in [1.54, 1.807) is 6.20 Å². The normalized spacial score (nSPS) is 23.4. The maximum atomic E-state index is 13.9. The van der Waals surface area contributed by atoms with Gasteiger partial charge in [0.2, 0.25) is 5.91 Å². The van der Waals surface area contributed by atoms with E-state index < -0.39 is 0 Å². The fraction of sp³-hybridized carbons (Fsp3) is 0.556. The van der Waals surface area contributed by atoms with Crippen molar-refractivity contribution in [1.29, 1.82) is 0 Å². The number of benzene rings is 1. The van der Waals surface area contributed by atoms with Crippen LogP contribution in [0.5, 0.6) is 0 Å². The Kier molecular flexibility index (Phi) is 6.65. The Bertz CT molecular complexity index is 978. The van der Waals surface area contributed by atoms with Crippen molar-refractivity contribution < 1.29 is 14.3 Å². The van der Waals surface area contributed by atoms with Crippen LogP contribution in [0.15, 0.2) is 36.5 Å². The number of hydrogen-bond acceptors (Lipinski definition) is 5. The van der Waals surface area contributed by atoms with Gasteiger partial charge < -0.3 is 19.7 Å². The SMILES string of the molecule is CC(C)O[C@H]1CC[C@H](C(=O)N2Cc3cccnc3Nc3ccc(C4CCOCC4)cc32)CC1. The molecule has 2 aliphatic heterocycles.